The Labute approximate surface area is 132 Å². The van der Waals surface area contributed by atoms with E-state index in [4.69, 9.17) is 0 Å². The smallest absolute Gasteiger partial charge is 0.0773 e. The number of aliphatic hydroxyl groups excluding tert-OH is 1. The third kappa shape index (κ3) is 2.72. The van der Waals surface area contributed by atoms with Crippen LogP contribution in [0.15, 0.2) is 54.1 Å². The molecule has 3 rings (SSSR count). The third-order valence-corrected chi connectivity index (χ3v) is 4.23. The number of benzene rings is 2. The maximum atomic E-state index is 10.4. The Morgan fingerprint density at radius 1 is 1.14 bits per heavy atom. The molecule has 0 bridgehead atoms. The first kappa shape index (κ1) is 15.0. The summed E-state index contributed by atoms with van der Waals surface area (Å²) in [4.78, 5) is 2.19. The molecule has 22 heavy (non-hydrogen) atoms. The molecular formula is C20H23NO. The number of aliphatic hydroxyl groups is 1. The van der Waals surface area contributed by atoms with E-state index in [1.165, 1.54) is 22.1 Å². The first-order chi connectivity index (χ1) is 10.6. The first-order valence-electron chi connectivity index (χ1n) is 7.81. The van der Waals surface area contributed by atoms with Crippen LogP contribution in [0.3, 0.4) is 0 Å². The van der Waals surface area contributed by atoms with Crippen LogP contribution in [0.1, 0.15) is 30.6 Å². The van der Waals surface area contributed by atoms with Crippen LogP contribution in [0.5, 0.6) is 0 Å². The Hall–Kier alpha value is -1.90. The molecule has 0 spiro atoms. The molecule has 0 saturated heterocycles. The van der Waals surface area contributed by atoms with E-state index in [9.17, 15) is 5.11 Å². The molecule has 0 amide bonds. The van der Waals surface area contributed by atoms with Gasteiger partial charge in [0.05, 0.1) is 6.10 Å². The molecule has 1 unspecified atom stereocenters. The molecule has 0 aliphatic heterocycles. The maximum absolute atomic E-state index is 10.4. The lowest BCUT2D eigenvalue weighted by Gasteiger charge is -2.19. The number of likely N-dealkylation sites (N-methyl/N-ethyl adjacent to an activating group) is 1. The number of fused-ring (bicyclic) bond motifs is 1. The summed E-state index contributed by atoms with van der Waals surface area (Å²) in [6.07, 6.45) is 4.90. The van der Waals surface area contributed by atoms with Gasteiger partial charge in [-0.15, -0.1) is 0 Å². The van der Waals surface area contributed by atoms with Crippen LogP contribution in [-0.2, 0) is 0 Å². The zero-order valence-corrected chi connectivity index (χ0v) is 13.5. The van der Waals surface area contributed by atoms with Crippen LogP contribution < -0.4 is 0 Å². The van der Waals surface area contributed by atoms with Gasteiger partial charge in [-0.3, -0.25) is 0 Å². The minimum Gasteiger partial charge on any atom is -0.389 e. The average molecular weight is 293 g/mol. The summed E-state index contributed by atoms with van der Waals surface area (Å²) < 4.78 is 0. The van der Waals surface area contributed by atoms with Crippen molar-refractivity contribution in [2.24, 2.45) is 0 Å². The van der Waals surface area contributed by atoms with E-state index in [1.54, 1.807) is 0 Å². The monoisotopic (exact) mass is 293 g/mol. The molecule has 1 N–H and O–H groups in total. The molecule has 2 nitrogen and oxygen atoms in total. The van der Waals surface area contributed by atoms with Crippen LogP contribution in [0, 0.1) is 0 Å². The molecule has 114 valence electrons. The second-order valence-corrected chi connectivity index (χ2v) is 6.27. The van der Waals surface area contributed by atoms with Crippen molar-refractivity contribution >= 4 is 16.3 Å². The Morgan fingerprint density at radius 2 is 1.91 bits per heavy atom. The molecule has 2 heteroatoms. The number of nitrogens with zero attached hydrogens (tertiary/aromatic N) is 1. The van der Waals surface area contributed by atoms with Crippen molar-refractivity contribution in [1.82, 2.24) is 4.90 Å². The summed E-state index contributed by atoms with van der Waals surface area (Å²) in [6.45, 7) is 2.79. The third-order valence-electron chi connectivity index (χ3n) is 4.23. The van der Waals surface area contributed by atoms with Gasteiger partial charge >= 0.3 is 0 Å². The molecule has 1 aliphatic carbocycles. The Bertz CT molecular complexity index is 753. The molecular weight excluding hydrogens is 270 g/mol. The molecule has 0 radical (unpaired) electrons. The van der Waals surface area contributed by atoms with Gasteiger partial charge < -0.3 is 10.0 Å². The zero-order chi connectivity index (χ0) is 15.7. The minimum absolute atomic E-state index is 0.477. The standard InChI is InChI=1S/C20H23NO/c1-14(22)20-18-9-5-4-7-15(18)11-12-19(20)17-10-6-8-16(17)13-21(2)3/h4-9,11-12,14,22H,10,13H2,1-3H3. The highest BCUT2D eigenvalue weighted by Crippen LogP contribution is 2.37. The Balaban J connectivity index is 2.21. The molecule has 2 aromatic carbocycles. The van der Waals surface area contributed by atoms with Gasteiger partial charge in [-0.2, -0.15) is 0 Å². The van der Waals surface area contributed by atoms with E-state index in [0.717, 1.165) is 23.9 Å². The van der Waals surface area contributed by atoms with E-state index in [1.807, 2.05) is 19.1 Å². The first-order valence-corrected chi connectivity index (χ1v) is 7.81. The van der Waals surface area contributed by atoms with Gasteiger partial charge in [0, 0.05) is 6.54 Å². The van der Waals surface area contributed by atoms with Crippen molar-refractivity contribution < 1.29 is 5.11 Å². The summed E-state index contributed by atoms with van der Waals surface area (Å²) in [7, 11) is 4.18. The van der Waals surface area contributed by atoms with Crippen molar-refractivity contribution in [3.05, 3.63) is 65.3 Å². The number of hydrogen-bond donors (Lipinski definition) is 1. The predicted octanol–water partition coefficient (Wildman–Crippen LogP) is 4.17. The van der Waals surface area contributed by atoms with E-state index in [0.29, 0.717) is 0 Å². The van der Waals surface area contributed by atoms with Crippen molar-refractivity contribution in [3.63, 3.8) is 0 Å². The lowest BCUT2D eigenvalue weighted by atomic mass is 9.89. The molecule has 0 saturated carbocycles. The van der Waals surface area contributed by atoms with Gasteiger partial charge in [-0.25, -0.2) is 0 Å². The summed E-state index contributed by atoms with van der Waals surface area (Å²) in [5, 5.41) is 12.7. The van der Waals surface area contributed by atoms with Crippen LogP contribution >= 0.6 is 0 Å². The van der Waals surface area contributed by atoms with Crippen molar-refractivity contribution in [3.8, 4) is 0 Å². The average Bonchev–Trinajstić information content (AvgIpc) is 2.93. The normalized spacial score (nSPS) is 16.0. The largest absolute Gasteiger partial charge is 0.389 e. The summed E-state index contributed by atoms with van der Waals surface area (Å²) in [6, 6.07) is 12.6. The molecule has 0 heterocycles. The quantitative estimate of drug-likeness (QED) is 0.914. The highest BCUT2D eigenvalue weighted by molar-refractivity contribution is 5.92. The van der Waals surface area contributed by atoms with Gasteiger partial charge in [0.15, 0.2) is 0 Å². The van der Waals surface area contributed by atoms with Gasteiger partial charge in [-0.05, 0) is 60.5 Å². The van der Waals surface area contributed by atoms with Gasteiger partial charge in [0.1, 0.15) is 0 Å². The molecule has 0 fully saturated rings. The summed E-state index contributed by atoms with van der Waals surface area (Å²) >= 11 is 0. The van der Waals surface area contributed by atoms with E-state index >= 15 is 0 Å². The van der Waals surface area contributed by atoms with Gasteiger partial charge in [-0.1, -0.05) is 48.6 Å². The minimum atomic E-state index is -0.477. The van der Waals surface area contributed by atoms with Crippen molar-refractivity contribution in [1.29, 1.82) is 0 Å². The van der Waals surface area contributed by atoms with Crippen LogP contribution in [-0.4, -0.2) is 30.6 Å². The molecule has 2 aromatic rings. The predicted molar refractivity (Wildman–Crippen MR) is 93.8 cm³/mol. The fourth-order valence-corrected chi connectivity index (χ4v) is 3.33. The summed E-state index contributed by atoms with van der Waals surface area (Å²) in [5.41, 5.74) is 4.93. The topological polar surface area (TPSA) is 23.5 Å². The molecule has 1 aliphatic rings. The van der Waals surface area contributed by atoms with Crippen molar-refractivity contribution in [2.75, 3.05) is 20.6 Å². The number of hydrogen-bond acceptors (Lipinski definition) is 2. The lowest BCUT2D eigenvalue weighted by molar-refractivity contribution is 0.200. The molecule has 1 atom stereocenters. The Kier molecular flexibility index (Phi) is 4.14. The summed E-state index contributed by atoms with van der Waals surface area (Å²) in [5.74, 6) is 0. The number of allylic oxidation sites excluding steroid dienone is 2. The van der Waals surface area contributed by atoms with Crippen LogP contribution in [0.25, 0.3) is 16.3 Å². The van der Waals surface area contributed by atoms with E-state index in [-0.39, 0.29) is 0 Å². The fourth-order valence-electron chi connectivity index (χ4n) is 3.33. The second-order valence-electron chi connectivity index (χ2n) is 6.27. The SMILES string of the molecule is CC(O)c1c(C2=C(CN(C)C)C=CC2)ccc2ccccc12. The highest BCUT2D eigenvalue weighted by atomic mass is 16.3. The van der Waals surface area contributed by atoms with E-state index < -0.39 is 6.10 Å². The highest BCUT2D eigenvalue weighted by Gasteiger charge is 2.19. The second kappa shape index (κ2) is 6.07. The zero-order valence-electron chi connectivity index (χ0n) is 13.5. The van der Waals surface area contributed by atoms with Gasteiger partial charge in [0.25, 0.3) is 0 Å². The van der Waals surface area contributed by atoms with E-state index in [2.05, 4.69) is 55.4 Å². The lowest BCUT2D eigenvalue weighted by Crippen LogP contribution is -2.14. The fraction of sp³-hybridized carbons (Fsp3) is 0.300. The van der Waals surface area contributed by atoms with Crippen LogP contribution in [0.4, 0.5) is 0 Å². The van der Waals surface area contributed by atoms with Crippen LogP contribution in [0.2, 0.25) is 0 Å². The molecule has 0 aromatic heterocycles. The Morgan fingerprint density at radius 3 is 2.64 bits per heavy atom. The van der Waals surface area contributed by atoms with Gasteiger partial charge in [0.2, 0.25) is 0 Å². The number of rotatable bonds is 4. The maximum Gasteiger partial charge on any atom is 0.0773 e. The van der Waals surface area contributed by atoms with Crippen molar-refractivity contribution in [2.45, 2.75) is 19.4 Å².